The molecule has 0 amide bonds. The Morgan fingerprint density at radius 3 is 2.24 bits per heavy atom. The van der Waals surface area contributed by atoms with Gasteiger partial charge < -0.3 is 9.30 Å². The summed E-state index contributed by atoms with van der Waals surface area (Å²) in [6, 6.07) is 14.4. The Hall–Kier alpha value is -2.67. The lowest BCUT2D eigenvalue weighted by Crippen LogP contribution is -2.05. The second kappa shape index (κ2) is 7.06. The molecule has 0 aliphatic carbocycles. The highest BCUT2D eigenvalue weighted by molar-refractivity contribution is 5.34. The molecule has 0 bridgehead atoms. The van der Waals surface area contributed by atoms with Crippen molar-refractivity contribution in [3.8, 4) is 5.69 Å². The average molecular weight is 350 g/mol. The fourth-order valence-electron chi connectivity index (χ4n) is 2.32. The molecule has 0 unspecified atom stereocenters. The summed E-state index contributed by atoms with van der Waals surface area (Å²) in [4.78, 5) is 3.63. The molecular weight excluding hydrogens is 336 g/mol. The van der Waals surface area contributed by atoms with Crippen LogP contribution >= 0.6 is 0 Å². The molecule has 130 valence electrons. The largest absolute Gasteiger partial charge is 0.434 e. The third-order valence-electron chi connectivity index (χ3n) is 3.52. The number of alkyl halides is 3. The Balaban J connectivity index is 1.83. The van der Waals surface area contributed by atoms with Crippen molar-refractivity contribution in [2.45, 2.75) is 19.4 Å². The molecule has 0 fully saturated rings. The highest BCUT2D eigenvalue weighted by Gasteiger charge is 2.35. The van der Waals surface area contributed by atoms with Crippen LogP contribution in [0, 0.1) is 5.82 Å². The van der Waals surface area contributed by atoms with Crippen LogP contribution in [0.4, 0.5) is 17.6 Å². The molecule has 25 heavy (non-hydrogen) atoms. The zero-order valence-electron chi connectivity index (χ0n) is 13.0. The molecule has 0 saturated carbocycles. The number of benzene rings is 2. The molecule has 0 N–H and O–H groups in total. The van der Waals surface area contributed by atoms with Crippen LogP contribution in [-0.2, 0) is 24.1 Å². The van der Waals surface area contributed by atoms with Gasteiger partial charge >= 0.3 is 6.18 Å². The minimum absolute atomic E-state index is 0.0925. The molecule has 7 heteroatoms. The van der Waals surface area contributed by atoms with Crippen molar-refractivity contribution < 1.29 is 22.3 Å². The molecule has 0 aliphatic rings. The number of rotatable bonds is 5. The first kappa shape index (κ1) is 17.2. The van der Waals surface area contributed by atoms with E-state index in [9.17, 15) is 17.6 Å². The second-order valence-electron chi connectivity index (χ2n) is 5.36. The Labute approximate surface area is 141 Å². The van der Waals surface area contributed by atoms with Gasteiger partial charge in [0.1, 0.15) is 18.2 Å². The van der Waals surface area contributed by atoms with Gasteiger partial charge in [-0.1, -0.05) is 30.3 Å². The number of ether oxygens (including phenoxy) is 1. The van der Waals surface area contributed by atoms with E-state index in [0.29, 0.717) is 5.69 Å². The number of aromatic nitrogens is 2. The lowest BCUT2D eigenvalue weighted by molar-refractivity contribution is -0.141. The van der Waals surface area contributed by atoms with Crippen molar-refractivity contribution in [2.75, 3.05) is 0 Å². The zero-order chi connectivity index (χ0) is 17.9. The van der Waals surface area contributed by atoms with Gasteiger partial charge in [0.15, 0.2) is 5.69 Å². The van der Waals surface area contributed by atoms with Crippen LogP contribution in [0.2, 0.25) is 0 Å². The quantitative estimate of drug-likeness (QED) is 0.621. The summed E-state index contributed by atoms with van der Waals surface area (Å²) in [6.45, 7) is 0.140. The normalized spacial score (nSPS) is 11.7. The van der Waals surface area contributed by atoms with Gasteiger partial charge in [0.2, 0.25) is 0 Å². The molecule has 1 heterocycles. The Morgan fingerprint density at radius 2 is 1.60 bits per heavy atom. The van der Waals surface area contributed by atoms with Crippen LogP contribution in [0.3, 0.4) is 0 Å². The van der Waals surface area contributed by atoms with Gasteiger partial charge in [-0.25, -0.2) is 9.37 Å². The number of nitrogens with zero attached hydrogens (tertiary/aromatic N) is 2. The van der Waals surface area contributed by atoms with Gasteiger partial charge in [0.05, 0.1) is 6.61 Å². The standard InChI is InChI=1S/C18H14F4N2O/c19-14-6-8-15(9-7-14)24-10-16(18(20,21)22)23-17(24)12-25-11-13-4-2-1-3-5-13/h1-10H,11-12H2. The third kappa shape index (κ3) is 4.24. The number of hydrogen-bond acceptors (Lipinski definition) is 2. The molecule has 0 radical (unpaired) electrons. The fraction of sp³-hybridized carbons (Fsp3) is 0.167. The predicted octanol–water partition coefficient (Wildman–Crippen LogP) is 4.75. The summed E-state index contributed by atoms with van der Waals surface area (Å²) in [5, 5.41) is 0. The molecule has 0 spiro atoms. The third-order valence-corrected chi connectivity index (χ3v) is 3.52. The topological polar surface area (TPSA) is 27.1 Å². The summed E-state index contributed by atoms with van der Waals surface area (Å²) in [6.07, 6.45) is -3.69. The number of imidazole rings is 1. The minimum Gasteiger partial charge on any atom is -0.369 e. The SMILES string of the molecule is Fc1ccc(-n2cc(C(F)(F)F)nc2COCc2ccccc2)cc1. The van der Waals surface area contributed by atoms with E-state index in [0.717, 1.165) is 11.8 Å². The predicted molar refractivity (Wildman–Crippen MR) is 83.5 cm³/mol. The maximum Gasteiger partial charge on any atom is 0.434 e. The van der Waals surface area contributed by atoms with Crippen LogP contribution in [0.1, 0.15) is 17.1 Å². The molecule has 3 rings (SSSR count). The van der Waals surface area contributed by atoms with Gasteiger partial charge in [-0.15, -0.1) is 0 Å². The summed E-state index contributed by atoms with van der Waals surface area (Å²) in [7, 11) is 0. The minimum atomic E-state index is -4.57. The van der Waals surface area contributed by atoms with E-state index in [2.05, 4.69) is 4.98 Å². The van der Waals surface area contributed by atoms with Crippen molar-refractivity contribution in [2.24, 2.45) is 0 Å². The summed E-state index contributed by atoms with van der Waals surface area (Å²) in [5.41, 5.74) is 0.260. The van der Waals surface area contributed by atoms with Crippen LogP contribution < -0.4 is 0 Å². The first-order chi connectivity index (χ1) is 11.9. The van der Waals surface area contributed by atoms with Crippen molar-refractivity contribution in [3.63, 3.8) is 0 Å². The first-order valence-corrected chi connectivity index (χ1v) is 7.46. The van der Waals surface area contributed by atoms with E-state index in [-0.39, 0.29) is 19.0 Å². The maximum absolute atomic E-state index is 13.1. The molecule has 0 saturated heterocycles. The Morgan fingerprint density at radius 1 is 0.920 bits per heavy atom. The number of hydrogen-bond donors (Lipinski definition) is 0. The first-order valence-electron chi connectivity index (χ1n) is 7.46. The second-order valence-corrected chi connectivity index (χ2v) is 5.36. The lowest BCUT2D eigenvalue weighted by atomic mass is 10.2. The van der Waals surface area contributed by atoms with E-state index in [4.69, 9.17) is 4.74 Å². The fourth-order valence-corrected chi connectivity index (χ4v) is 2.32. The van der Waals surface area contributed by atoms with Crippen LogP contribution in [0.5, 0.6) is 0 Å². The van der Waals surface area contributed by atoms with Gasteiger partial charge in [-0.3, -0.25) is 0 Å². The Kier molecular flexibility index (Phi) is 4.85. The molecule has 0 atom stereocenters. The van der Waals surface area contributed by atoms with E-state index < -0.39 is 17.7 Å². The highest BCUT2D eigenvalue weighted by Crippen LogP contribution is 2.29. The van der Waals surface area contributed by atoms with E-state index in [1.165, 1.54) is 28.8 Å². The molecule has 3 aromatic rings. The van der Waals surface area contributed by atoms with E-state index in [1.807, 2.05) is 30.3 Å². The van der Waals surface area contributed by atoms with Crippen molar-refractivity contribution >= 4 is 0 Å². The molecular formula is C18H14F4N2O. The van der Waals surface area contributed by atoms with Gasteiger partial charge in [0.25, 0.3) is 0 Å². The molecule has 2 aromatic carbocycles. The van der Waals surface area contributed by atoms with Crippen LogP contribution in [0.15, 0.2) is 60.8 Å². The Bertz CT molecular complexity index is 827. The maximum atomic E-state index is 13.1. The molecule has 3 nitrogen and oxygen atoms in total. The van der Waals surface area contributed by atoms with Crippen molar-refractivity contribution in [1.82, 2.24) is 9.55 Å². The van der Waals surface area contributed by atoms with Gasteiger partial charge in [-0.2, -0.15) is 13.2 Å². The summed E-state index contributed by atoms with van der Waals surface area (Å²) in [5.74, 6) is -0.378. The van der Waals surface area contributed by atoms with Crippen molar-refractivity contribution in [1.29, 1.82) is 0 Å². The zero-order valence-corrected chi connectivity index (χ0v) is 13.0. The number of halogens is 4. The summed E-state index contributed by atoms with van der Waals surface area (Å²) < 4.78 is 58.7. The summed E-state index contributed by atoms with van der Waals surface area (Å²) >= 11 is 0. The smallest absolute Gasteiger partial charge is 0.369 e. The van der Waals surface area contributed by atoms with E-state index >= 15 is 0 Å². The van der Waals surface area contributed by atoms with Gasteiger partial charge in [-0.05, 0) is 29.8 Å². The van der Waals surface area contributed by atoms with Crippen molar-refractivity contribution in [3.05, 3.63) is 83.7 Å². The molecule has 1 aromatic heterocycles. The monoisotopic (exact) mass is 350 g/mol. The van der Waals surface area contributed by atoms with E-state index in [1.54, 1.807) is 0 Å². The van der Waals surface area contributed by atoms with Gasteiger partial charge in [0, 0.05) is 11.9 Å². The molecule has 0 aliphatic heterocycles. The average Bonchev–Trinajstić information content (AvgIpc) is 3.01. The lowest BCUT2D eigenvalue weighted by Gasteiger charge is -2.08. The van der Waals surface area contributed by atoms with Crippen LogP contribution in [0.25, 0.3) is 5.69 Å². The highest BCUT2D eigenvalue weighted by atomic mass is 19.4. The van der Waals surface area contributed by atoms with Crippen LogP contribution in [-0.4, -0.2) is 9.55 Å².